The molecule has 2 aromatic rings. The van der Waals surface area contributed by atoms with E-state index < -0.39 is 0 Å². The van der Waals surface area contributed by atoms with Crippen LogP contribution in [0.3, 0.4) is 0 Å². The number of amides is 2. The highest BCUT2D eigenvalue weighted by atomic mass is 16.2. The first kappa shape index (κ1) is 18.2. The maximum atomic E-state index is 12.4. The van der Waals surface area contributed by atoms with Gasteiger partial charge in [0.25, 0.3) is 5.91 Å². The number of carbonyl (C=O) groups excluding carboxylic acids is 2. The molecular weight excluding hydrogens is 328 g/mol. The van der Waals surface area contributed by atoms with Gasteiger partial charge in [0.05, 0.1) is 18.8 Å². The molecule has 2 amide bonds. The second kappa shape index (κ2) is 8.17. The van der Waals surface area contributed by atoms with Crippen molar-refractivity contribution in [1.29, 1.82) is 0 Å². The van der Waals surface area contributed by atoms with Gasteiger partial charge >= 0.3 is 0 Å². The van der Waals surface area contributed by atoms with E-state index in [-0.39, 0.29) is 11.8 Å². The van der Waals surface area contributed by atoms with Crippen LogP contribution in [0.4, 0.5) is 0 Å². The molecule has 1 aromatic heterocycles. The Morgan fingerprint density at radius 1 is 1.19 bits per heavy atom. The normalized spacial score (nSPS) is 13.6. The summed E-state index contributed by atoms with van der Waals surface area (Å²) < 4.78 is 1.84. The molecule has 0 aliphatic carbocycles. The van der Waals surface area contributed by atoms with E-state index in [1.165, 1.54) is 0 Å². The summed E-state index contributed by atoms with van der Waals surface area (Å²) in [5.41, 5.74) is 2.37. The van der Waals surface area contributed by atoms with Crippen LogP contribution in [0, 0.1) is 5.92 Å². The monoisotopic (exact) mass is 354 g/mol. The molecule has 1 aliphatic rings. The van der Waals surface area contributed by atoms with Crippen molar-refractivity contribution in [2.75, 3.05) is 6.54 Å². The minimum Gasteiger partial charge on any atom is -0.347 e. The predicted molar refractivity (Wildman–Crippen MR) is 99.3 cm³/mol. The third-order valence-electron chi connectivity index (χ3n) is 4.61. The molecule has 0 unspecified atom stereocenters. The van der Waals surface area contributed by atoms with Crippen LogP contribution in [0.1, 0.15) is 48.4 Å². The van der Waals surface area contributed by atoms with Crippen LogP contribution < -0.4 is 5.32 Å². The molecule has 0 spiro atoms. The lowest BCUT2D eigenvalue weighted by molar-refractivity contribution is -0.133. The number of aromatic nitrogens is 2. The Hall–Kier alpha value is -2.63. The largest absolute Gasteiger partial charge is 0.347 e. The molecule has 0 bridgehead atoms. The molecule has 2 heterocycles. The van der Waals surface area contributed by atoms with Crippen LogP contribution in [0.25, 0.3) is 0 Å². The number of nitrogens with one attached hydrogen (secondary N) is 1. The first-order valence-electron chi connectivity index (χ1n) is 9.19. The Morgan fingerprint density at radius 2 is 1.96 bits per heavy atom. The molecule has 3 rings (SSSR count). The summed E-state index contributed by atoms with van der Waals surface area (Å²) in [4.78, 5) is 26.6. The third-order valence-corrected chi connectivity index (χ3v) is 4.61. The Kier molecular flexibility index (Phi) is 5.71. The van der Waals surface area contributed by atoms with Crippen LogP contribution in [0.2, 0.25) is 0 Å². The summed E-state index contributed by atoms with van der Waals surface area (Å²) in [6, 6.07) is 11.6. The van der Waals surface area contributed by atoms with Crippen molar-refractivity contribution in [3.05, 3.63) is 53.3 Å². The highest BCUT2D eigenvalue weighted by Gasteiger charge is 2.23. The van der Waals surface area contributed by atoms with Crippen LogP contribution in [0.15, 0.2) is 36.4 Å². The number of carbonyl (C=O) groups is 2. The molecule has 0 atom stereocenters. The van der Waals surface area contributed by atoms with Crippen molar-refractivity contribution >= 4 is 11.8 Å². The number of hydrogen-bond acceptors (Lipinski definition) is 3. The van der Waals surface area contributed by atoms with Gasteiger partial charge < -0.3 is 10.2 Å². The standard InChI is InChI=1S/C20H26N4O2/c1-15(2)8-9-19(25)23-10-11-24-17(14-23)12-18(22-24)20(26)21-13-16-6-4-3-5-7-16/h3-7,12,15H,8-11,13-14H2,1-2H3,(H,21,26). The van der Waals surface area contributed by atoms with Gasteiger partial charge in [0, 0.05) is 19.5 Å². The SMILES string of the molecule is CC(C)CCC(=O)N1CCn2nc(C(=O)NCc3ccccc3)cc2C1. The molecule has 6 nitrogen and oxygen atoms in total. The lowest BCUT2D eigenvalue weighted by Crippen LogP contribution is -2.38. The van der Waals surface area contributed by atoms with Crippen LogP contribution in [-0.4, -0.2) is 33.0 Å². The van der Waals surface area contributed by atoms with E-state index in [1.54, 1.807) is 6.07 Å². The molecule has 0 saturated heterocycles. The minimum absolute atomic E-state index is 0.182. The molecule has 1 aromatic carbocycles. The van der Waals surface area contributed by atoms with Gasteiger partial charge in [-0.05, 0) is 24.0 Å². The summed E-state index contributed by atoms with van der Waals surface area (Å²) in [5, 5.41) is 7.29. The molecule has 0 fully saturated rings. The lowest BCUT2D eigenvalue weighted by Gasteiger charge is -2.28. The lowest BCUT2D eigenvalue weighted by atomic mass is 10.1. The van der Waals surface area contributed by atoms with Gasteiger partial charge in [-0.1, -0.05) is 44.2 Å². The smallest absolute Gasteiger partial charge is 0.272 e. The molecular formula is C20H26N4O2. The van der Waals surface area contributed by atoms with Crippen LogP contribution >= 0.6 is 0 Å². The third kappa shape index (κ3) is 4.50. The van der Waals surface area contributed by atoms with Gasteiger partial charge in [-0.25, -0.2) is 0 Å². The number of fused-ring (bicyclic) bond motifs is 1. The Bertz CT molecular complexity index is 767. The fourth-order valence-corrected chi connectivity index (χ4v) is 3.03. The maximum absolute atomic E-state index is 12.4. The highest BCUT2D eigenvalue weighted by Crippen LogP contribution is 2.16. The zero-order chi connectivity index (χ0) is 18.5. The van der Waals surface area contributed by atoms with E-state index in [0.717, 1.165) is 17.7 Å². The average molecular weight is 354 g/mol. The second-order valence-electron chi connectivity index (χ2n) is 7.16. The first-order chi connectivity index (χ1) is 12.5. The summed E-state index contributed by atoms with van der Waals surface area (Å²) in [7, 11) is 0. The van der Waals surface area contributed by atoms with Gasteiger partial charge in [0.2, 0.25) is 5.91 Å². The Labute approximate surface area is 154 Å². The van der Waals surface area contributed by atoms with Crippen LogP contribution in [-0.2, 0) is 24.4 Å². The van der Waals surface area contributed by atoms with Crippen molar-refractivity contribution in [1.82, 2.24) is 20.0 Å². The van der Waals surface area contributed by atoms with Gasteiger partial charge in [0.15, 0.2) is 5.69 Å². The minimum atomic E-state index is -0.187. The molecule has 138 valence electrons. The number of hydrogen-bond donors (Lipinski definition) is 1. The average Bonchev–Trinajstić information content (AvgIpc) is 3.08. The van der Waals surface area contributed by atoms with Crippen molar-refractivity contribution in [2.24, 2.45) is 5.92 Å². The number of rotatable bonds is 6. The van der Waals surface area contributed by atoms with Gasteiger partial charge in [-0.3, -0.25) is 14.3 Å². The van der Waals surface area contributed by atoms with E-state index in [9.17, 15) is 9.59 Å². The Morgan fingerprint density at radius 3 is 2.69 bits per heavy atom. The zero-order valence-electron chi connectivity index (χ0n) is 15.4. The summed E-state index contributed by atoms with van der Waals surface area (Å²) in [5.74, 6) is 0.517. The molecule has 0 radical (unpaired) electrons. The fraction of sp³-hybridized carbons (Fsp3) is 0.450. The molecule has 6 heteroatoms. The topological polar surface area (TPSA) is 67.2 Å². The number of nitrogens with zero attached hydrogens (tertiary/aromatic N) is 3. The van der Waals surface area contributed by atoms with Gasteiger partial charge in [-0.15, -0.1) is 0 Å². The van der Waals surface area contributed by atoms with Crippen LogP contribution in [0.5, 0.6) is 0 Å². The van der Waals surface area contributed by atoms with E-state index in [0.29, 0.717) is 44.2 Å². The second-order valence-corrected chi connectivity index (χ2v) is 7.16. The van der Waals surface area contributed by atoms with E-state index in [2.05, 4.69) is 24.3 Å². The van der Waals surface area contributed by atoms with E-state index >= 15 is 0 Å². The summed E-state index contributed by atoms with van der Waals surface area (Å²) in [6.45, 7) is 6.53. The summed E-state index contributed by atoms with van der Waals surface area (Å²) >= 11 is 0. The number of benzene rings is 1. The first-order valence-corrected chi connectivity index (χ1v) is 9.19. The molecule has 1 N–H and O–H groups in total. The summed E-state index contributed by atoms with van der Waals surface area (Å²) in [6.07, 6.45) is 1.48. The molecule has 0 saturated carbocycles. The van der Waals surface area contributed by atoms with Crippen molar-refractivity contribution < 1.29 is 9.59 Å². The van der Waals surface area contributed by atoms with E-state index in [1.807, 2.05) is 39.9 Å². The highest BCUT2D eigenvalue weighted by molar-refractivity contribution is 5.92. The van der Waals surface area contributed by atoms with Crippen molar-refractivity contribution in [2.45, 2.75) is 46.3 Å². The van der Waals surface area contributed by atoms with Crippen molar-refractivity contribution in [3.63, 3.8) is 0 Å². The molecule has 26 heavy (non-hydrogen) atoms. The van der Waals surface area contributed by atoms with E-state index in [4.69, 9.17) is 0 Å². The fourth-order valence-electron chi connectivity index (χ4n) is 3.03. The van der Waals surface area contributed by atoms with Gasteiger partial charge in [-0.2, -0.15) is 5.10 Å². The predicted octanol–water partition coefficient (Wildman–Crippen LogP) is 2.59. The Balaban J connectivity index is 1.58. The quantitative estimate of drug-likeness (QED) is 0.867. The molecule has 1 aliphatic heterocycles. The van der Waals surface area contributed by atoms with Crippen molar-refractivity contribution in [3.8, 4) is 0 Å². The maximum Gasteiger partial charge on any atom is 0.272 e. The van der Waals surface area contributed by atoms with Gasteiger partial charge in [0.1, 0.15) is 0 Å². The zero-order valence-corrected chi connectivity index (χ0v) is 15.4.